The zero-order valence-electron chi connectivity index (χ0n) is 13.3. The highest BCUT2D eigenvalue weighted by atomic mass is 32.2. The molecule has 0 saturated carbocycles. The Morgan fingerprint density at radius 2 is 2.18 bits per heavy atom. The number of amides is 1. The van der Waals surface area contributed by atoms with Crippen LogP contribution in [-0.2, 0) is 14.8 Å². The van der Waals surface area contributed by atoms with Crippen LogP contribution in [0.3, 0.4) is 0 Å². The highest BCUT2D eigenvalue weighted by Gasteiger charge is 2.36. The molecule has 124 valence electrons. The van der Waals surface area contributed by atoms with E-state index in [2.05, 4.69) is 10.5 Å². The van der Waals surface area contributed by atoms with Crippen LogP contribution in [0, 0.1) is 19.8 Å². The molecule has 1 N–H and O–H groups in total. The molecule has 1 atom stereocenters. The van der Waals surface area contributed by atoms with Crippen molar-refractivity contribution in [2.45, 2.75) is 44.9 Å². The molecule has 8 heteroatoms. The molecule has 7 nitrogen and oxygen atoms in total. The van der Waals surface area contributed by atoms with Gasteiger partial charge in [0.05, 0.1) is 5.92 Å². The first-order chi connectivity index (χ1) is 10.4. The number of aryl methyl sites for hydroxylation is 2. The van der Waals surface area contributed by atoms with Gasteiger partial charge in [-0.25, -0.2) is 8.42 Å². The summed E-state index contributed by atoms with van der Waals surface area (Å²) in [7, 11) is -3.67. The number of aromatic nitrogens is 1. The third kappa shape index (κ3) is 3.33. The Morgan fingerprint density at radius 1 is 1.45 bits per heavy atom. The molecule has 0 bridgehead atoms. The van der Waals surface area contributed by atoms with Crippen molar-refractivity contribution in [3.8, 4) is 0 Å². The summed E-state index contributed by atoms with van der Waals surface area (Å²) < 4.78 is 31.9. The molecule has 22 heavy (non-hydrogen) atoms. The number of carbonyl (C=O) groups is 1. The SMILES string of the molecule is CCCNC(=O)[C@@H]1CCCN(S(=O)(=O)c2c(C)noc2C)C1. The van der Waals surface area contributed by atoms with Crippen molar-refractivity contribution in [3.63, 3.8) is 0 Å². The number of rotatable bonds is 5. The van der Waals surface area contributed by atoms with E-state index in [1.54, 1.807) is 13.8 Å². The van der Waals surface area contributed by atoms with Crippen molar-refractivity contribution in [2.75, 3.05) is 19.6 Å². The van der Waals surface area contributed by atoms with E-state index in [-0.39, 0.29) is 29.0 Å². The Labute approximate surface area is 131 Å². The number of sulfonamides is 1. The van der Waals surface area contributed by atoms with E-state index >= 15 is 0 Å². The lowest BCUT2D eigenvalue weighted by atomic mass is 9.99. The summed E-state index contributed by atoms with van der Waals surface area (Å²) in [6.45, 7) is 6.42. The third-order valence-corrected chi connectivity index (χ3v) is 5.98. The maximum Gasteiger partial charge on any atom is 0.248 e. The molecular weight excluding hydrogens is 306 g/mol. The topological polar surface area (TPSA) is 92.5 Å². The average molecular weight is 329 g/mol. The van der Waals surface area contributed by atoms with Crippen molar-refractivity contribution in [1.29, 1.82) is 0 Å². The Morgan fingerprint density at radius 3 is 2.77 bits per heavy atom. The van der Waals surface area contributed by atoms with Crippen LogP contribution in [0.2, 0.25) is 0 Å². The molecule has 1 aromatic rings. The Kier molecular flexibility index (Phi) is 5.23. The number of hydrogen-bond acceptors (Lipinski definition) is 5. The van der Waals surface area contributed by atoms with Gasteiger partial charge in [-0.15, -0.1) is 0 Å². The normalized spacial score (nSPS) is 20.0. The Balaban J connectivity index is 2.17. The van der Waals surface area contributed by atoms with Gasteiger partial charge >= 0.3 is 0 Å². The van der Waals surface area contributed by atoms with Gasteiger partial charge in [0.2, 0.25) is 15.9 Å². The molecular formula is C14H23N3O4S. The van der Waals surface area contributed by atoms with Crippen LogP contribution in [0.15, 0.2) is 9.42 Å². The van der Waals surface area contributed by atoms with Gasteiger partial charge in [-0.1, -0.05) is 12.1 Å². The van der Waals surface area contributed by atoms with Gasteiger partial charge in [0.1, 0.15) is 10.6 Å². The summed E-state index contributed by atoms with van der Waals surface area (Å²) >= 11 is 0. The summed E-state index contributed by atoms with van der Waals surface area (Å²) in [5.41, 5.74) is 0.357. The predicted octanol–water partition coefficient (Wildman–Crippen LogP) is 1.22. The number of carbonyl (C=O) groups excluding carboxylic acids is 1. The van der Waals surface area contributed by atoms with Gasteiger partial charge in [-0.05, 0) is 33.1 Å². The number of piperidine rings is 1. The number of nitrogens with one attached hydrogen (secondary N) is 1. The van der Waals surface area contributed by atoms with Crippen molar-refractivity contribution >= 4 is 15.9 Å². The molecule has 0 spiro atoms. The maximum absolute atomic E-state index is 12.8. The summed E-state index contributed by atoms with van der Waals surface area (Å²) in [6, 6.07) is 0. The van der Waals surface area contributed by atoms with Crippen LogP contribution in [0.4, 0.5) is 0 Å². The minimum Gasteiger partial charge on any atom is -0.360 e. The summed E-state index contributed by atoms with van der Waals surface area (Å²) in [4.78, 5) is 12.2. The molecule has 1 aromatic heterocycles. The number of nitrogens with zero attached hydrogens (tertiary/aromatic N) is 2. The van der Waals surface area contributed by atoms with E-state index in [1.165, 1.54) is 4.31 Å². The summed E-state index contributed by atoms with van der Waals surface area (Å²) in [5.74, 6) is -0.0777. The van der Waals surface area contributed by atoms with Crippen molar-refractivity contribution < 1.29 is 17.7 Å². The van der Waals surface area contributed by atoms with E-state index in [4.69, 9.17) is 4.52 Å². The summed E-state index contributed by atoms with van der Waals surface area (Å²) in [5, 5.41) is 6.55. The first-order valence-corrected chi connectivity index (χ1v) is 9.02. The van der Waals surface area contributed by atoms with E-state index < -0.39 is 10.0 Å². The molecule has 0 aromatic carbocycles. The molecule has 1 amide bonds. The predicted molar refractivity (Wildman–Crippen MR) is 80.8 cm³/mol. The van der Waals surface area contributed by atoms with Crippen LogP contribution in [0.5, 0.6) is 0 Å². The molecule has 1 fully saturated rings. The molecule has 0 radical (unpaired) electrons. The molecule has 0 aliphatic carbocycles. The van der Waals surface area contributed by atoms with E-state index in [9.17, 15) is 13.2 Å². The first kappa shape index (κ1) is 17.0. The molecule has 1 saturated heterocycles. The fourth-order valence-corrected chi connectivity index (χ4v) is 4.55. The minimum atomic E-state index is -3.67. The summed E-state index contributed by atoms with van der Waals surface area (Å²) in [6.07, 6.45) is 2.25. The van der Waals surface area contributed by atoms with Crippen LogP contribution in [-0.4, -0.2) is 43.4 Å². The lowest BCUT2D eigenvalue weighted by Gasteiger charge is -2.31. The van der Waals surface area contributed by atoms with Crippen LogP contribution < -0.4 is 5.32 Å². The zero-order valence-corrected chi connectivity index (χ0v) is 14.1. The van der Waals surface area contributed by atoms with Gasteiger partial charge in [-0.3, -0.25) is 4.79 Å². The average Bonchev–Trinajstić information content (AvgIpc) is 2.84. The van der Waals surface area contributed by atoms with Crippen LogP contribution >= 0.6 is 0 Å². The van der Waals surface area contributed by atoms with E-state index in [1.807, 2.05) is 6.92 Å². The molecule has 2 rings (SSSR count). The molecule has 0 unspecified atom stereocenters. The fraction of sp³-hybridized carbons (Fsp3) is 0.714. The van der Waals surface area contributed by atoms with Gasteiger partial charge in [0.25, 0.3) is 0 Å². The molecule has 1 aliphatic heterocycles. The van der Waals surface area contributed by atoms with Gasteiger partial charge in [0.15, 0.2) is 5.76 Å². The minimum absolute atomic E-state index is 0.0690. The number of hydrogen-bond donors (Lipinski definition) is 1. The zero-order chi connectivity index (χ0) is 16.3. The fourth-order valence-electron chi connectivity index (χ4n) is 2.74. The standard InChI is InChI=1S/C14H23N3O4S/c1-4-7-15-14(18)12-6-5-8-17(9-12)22(19,20)13-10(2)16-21-11(13)3/h12H,4-9H2,1-3H3,(H,15,18)/t12-/m1/s1. The second kappa shape index (κ2) is 6.78. The lowest BCUT2D eigenvalue weighted by molar-refractivity contribution is -0.126. The van der Waals surface area contributed by atoms with E-state index in [0.29, 0.717) is 31.6 Å². The highest BCUT2D eigenvalue weighted by molar-refractivity contribution is 7.89. The van der Waals surface area contributed by atoms with Crippen LogP contribution in [0.25, 0.3) is 0 Å². The van der Waals surface area contributed by atoms with Crippen molar-refractivity contribution in [3.05, 3.63) is 11.5 Å². The van der Waals surface area contributed by atoms with Gasteiger partial charge in [0, 0.05) is 19.6 Å². The second-order valence-electron chi connectivity index (χ2n) is 5.65. The Hall–Kier alpha value is -1.41. The largest absolute Gasteiger partial charge is 0.360 e. The smallest absolute Gasteiger partial charge is 0.248 e. The van der Waals surface area contributed by atoms with Crippen LogP contribution in [0.1, 0.15) is 37.6 Å². The maximum atomic E-state index is 12.8. The quantitative estimate of drug-likeness (QED) is 0.877. The lowest BCUT2D eigenvalue weighted by Crippen LogP contribution is -2.45. The third-order valence-electron chi connectivity index (χ3n) is 3.87. The van der Waals surface area contributed by atoms with Crippen molar-refractivity contribution in [2.24, 2.45) is 5.92 Å². The molecule has 1 aliphatic rings. The first-order valence-electron chi connectivity index (χ1n) is 7.58. The van der Waals surface area contributed by atoms with E-state index in [0.717, 1.165) is 6.42 Å². The molecule has 2 heterocycles. The highest BCUT2D eigenvalue weighted by Crippen LogP contribution is 2.27. The monoisotopic (exact) mass is 329 g/mol. The Bertz CT molecular complexity index is 619. The second-order valence-corrected chi connectivity index (χ2v) is 7.52. The van der Waals surface area contributed by atoms with Crippen molar-refractivity contribution in [1.82, 2.24) is 14.8 Å². The van der Waals surface area contributed by atoms with Gasteiger partial charge in [-0.2, -0.15) is 4.31 Å². The van der Waals surface area contributed by atoms with Gasteiger partial charge < -0.3 is 9.84 Å².